The van der Waals surface area contributed by atoms with Crippen LogP contribution in [0.15, 0.2) is 60.7 Å². The number of nitrogen functional groups attached to an aromatic ring is 1. The lowest BCUT2D eigenvalue weighted by molar-refractivity contribution is 0.0501. The molecule has 2 heterocycles. The summed E-state index contributed by atoms with van der Waals surface area (Å²) in [6.45, 7) is 11.8. The Balaban J connectivity index is 0.000000681. The number of hydrogen-bond donors (Lipinski definition) is 4. The van der Waals surface area contributed by atoms with Crippen molar-refractivity contribution in [2.75, 3.05) is 25.4 Å². The summed E-state index contributed by atoms with van der Waals surface area (Å²) < 4.78 is 38.2. The van der Waals surface area contributed by atoms with Gasteiger partial charge in [-0.1, -0.05) is 60.7 Å². The minimum Gasteiger partial charge on any atom is -0.485 e. The van der Waals surface area contributed by atoms with Crippen molar-refractivity contribution in [1.29, 1.82) is 0 Å². The predicted molar refractivity (Wildman–Crippen MR) is 159 cm³/mol. The Morgan fingerprint density at radius 1 is 0.950 bits per heavy atom. The van der Waals surface area contributed by atoms with Crippen LogP contribution in [0.25, 0.3) is 0 Å². The van der Waals surface area contributed by atoms with Crippen molar-refractivity contribution in [2.24, 2.45) is 0 Å². The molecule has 1 atom stereocenters. The summed E-state index contributed by atoms with van der Waals surface area (Å²) in [5.41, 5.74) is 14.6. The van der Waals surface area contributed by atoms with Gasteiger partial charge < -0.3 is 15.8 Å². The molecule has 8 nitrogen and oxygen atoms in total. The van der Waals surface area contributed by atoms with Crippen LogP contribution in [-0.2, 0) is 16.8 Å². The van der Waals surface area contributed by atoms with Crippen molar-refractivity contribution in [1.82, 2.24) is 10.2 Å². The Hall–Kier alpha value is -2.95. The predicted octanol–water partition coefficient (Wildman–Crippen LogP) is 5.08. The first-order valence-corrected chi connectivity index (χ1v) is 15.1. The molecule has 2 aliphatic rings. The second kappa shape index (κ2) is 12.3. The molecule has 0 saturated carbocycles. The van der Waals surface area contributed by atoms with Crippen molar-refractivity contribution in [2.45, 2.75) is 64.6 Å². The molecule has 0 radical (unpaired) electrons. The lowest BCUT2D eigenvalue weighted by Crippen LogP contribution is -2.50. The maximum Gasteiger partial charge on any atom is 0.394 e. The van der Waals surface area contributed by atoms with Crippen molar-refractivity contribution >= 4 is 16.1 Å². The van der Waals surface area contributed by atoms with E-state index in [2.05, 4.69) is 98.6 Å². The number of ether oxygens (including phenoxy) is 1. The summed E-state index contributed by atoms with van der Waals surface area (Å²) in [6.07, 6.45) is 3.22. The third-order valence-electron chi connectivity index (χ3n) is 8.15. The minimum absolute atomic E-state index is 0.199. The highest BCUT2D eigenvalue weighted by Crippen LogP contribution is 2.44. The smallest absolute Gasteiger partial charge is 0.394 e. The fourth-order valence-corrected chi connectivity index (χ4v) is 5.95. The zero-order chi connectivity index (χ0) is 29.1. The van der Waals surface area contributed by atoms with Gasteiger partial charge in [0.05, 0.1) is 6.04 Å². The van der Waals surface area contributed by atoms with Gasteiger partial charge in [0.2, 0.25) is 0 Å². The van der Waals surface area contributed by atoms with Gasteiger partial charge in [-0.3, -0.25) is 14.0 Å². The first kappa shape index (κ1) is 30.0. The molecule has 216 valence electrons. The van der Waals surface area contributed by atoms with Crippen LogP contribution in [0.3, 0.4) is 0 Å². The zero-order valence-electron chi connectivity index (χ0n) is 23.7. The Bertz CT molecular complexity index is 1320. The number of likely N-dealkylation sites (tertiary alicyclic amines) is 1. The maximum atomic E-state index is 8.74. The Morgan fingerprint density at radius 2 is 1.45 bits per heavy atom. The molecule has 5 N–H and O–H groups in total. The molecule has 2 aliphatic heterocycles. The van der Waals surface area contributed by atoms with Crippen LogP contribution in [-0.4, -0.2) is 53.7 Å². The number of fused-ring (bicyclic) bond motifs is 1. The SMILES string of the molecule is Cc1c(C)c2c(c(C)c1N)C[C@](C)(CN1CCC(NC(c3ccccc3)c3ccccc3)CC1)O2.O=S(=O)(O)O. The number of benzene rings is 3. The van der Waals surface area contributed by atoms with Crippen LogP contribution in [0, 0.1) is 20.8 Å². The van der Waals surface area contributed by atoms with Gasteiger partial charge in [-0.25, -0.2) is 0 Å². The van der Waals surface area contributed by atoms with E-state index in [0.717, 1.165) is 55.9 Å². The molecule has 0 unspecified atom stereocenters. The Labute approximate surface area is 238 Å². The highest BCUT2D eigenvalue weighted by molar-refractivity contribution is 7.79. The average Bonchev–Trinajstić information content (AvgIpc) is 3.27. The molecule has 0 bridgehead atoms. The topological polar surface area (TPSA) is 125 Å². The van der Waals surface area contributed by atoms with Gasteiger partial charge in [-0.15, -0.1) is 0 Å². The van der Waals surface area contributed by atoms with E-state index in [9.17, 15) is 0 Å². The number of nitrogens with one attached hydrogen (secondary N) is 1. The van der Waals surface area contributed by atoms with Gasteiger partial charge in [0.15, 0.2) is 0 Å². The molecule has 0 amide bonds. The first-order valence-electron chi connectivity index (χ1n) is 13.7. The van der Waals surface area contributed by atoms with Gasteiger partial charge in [0.25, 0.3) is 0 Å². The fourth-order valence-electron chi connectivity index (χ4n) is 5.95. The summed E-state index contributed by atoms with van der Waals surface area (Å²) in [5, 5.41) is 3.98. The molecule has 9 heteroatoms. The maximum absolute atomic E-state index is 8.74. The summed E-state index contributed by atoms with van der Waals surface area (Å²) in [4.78, 5) is 2.59. The first-order chi connectivity index (χ1) is 18.8. The molecule has 0 aromatic heterocycles. The lowest BCUT2D eigenvalue weighted by Gasteiger charge is -2.38. The molecule has 3 aromatic rings. The molecule has 0 aliphatic carbocycles. The van der Waals surface area contributed by atoms with Gasteiger partial charge in [-0.2, -0.15) is 8.42 Å². The number of hydrogen-bond acceptors (Lipinski definition) is 6. The van der Waals surface area contributed by atoms with Gasteiger partial charge in [0.1, 0.15) is 11.4 Å². The van der Waals surface area contributed by atoms with E-state index in [4.69, 9.17) is 28.0 Å². The molecule has 5 rings (SSSR count). The average molecular weight is 568 g/mol. The summed E-state index contributed by atoms with van der Waals surface area (Å²) >= 11 is 0. The second-order valence-electron chi connectivity index (χ2n) is 11.2. The van der Waals surface area contributed by atoms with E-state index in [1.165, 1.54) is 27.8 Å². The van der Waals surface area contributed by atoms with E-state index in [1.807, 2.05) is 0 Å². The number of rotatable bonds is 6. The molecular formula is C31H41N3O5S. The third kappa shape index (κ3) is 7.41. The van der Waals surface area contributed by atoms with Gasteiger partial charge in [-0.05, 0) is 81.4 Å². The molecule has 3 aromatic carbocycles. The van der Waals surface area contributed by atoms with E-state index >= 15 is 0 Å². The van der Waals surface area contributed by atoms with E-state index in [-0.39, 0.29) is 11.6 Å². The lowest BCUT2D eigenvalue weighted by atomic mass is 9.91. The van der Waals surface area contributed by atoms with Crippen LogP contribution >= 0.6 is 0 Å². The van der Waals surface area contributed by atoms with Crippen LogP contribution < -0.4 is 15.8 Å². The highest BCUT2D eigenvalue weighted by atomic mass is 32.3. The van der Waals surface area contributed by atoms with Crippen LogP contribution in [0.2, 0.25) is 0 Å². The molecular weight excluding hydrogens is 526 g/mol. The summed E-state index contributed by atoms with van der Waals surface area (Å²) in [5.74, 6) is 1.07. The van der Waals surface area contributed by atoms with E-state index in [1.54, 1.807) is 0 Å². The van der Waals surface area contributed by atoms with Crippen molar-refractivity contribution in [3.05, 3.63) is 94.0 Å². The Morgan fingerprint density at radius 3 is 1.95 bits per heavy atom. The second-order valence-corrected chi connectivity index (χ2v) is 12.1. The summed E-state index contributed by atoms with van der Waals surface area (Å²) in [7, 11) is -4.67. The van der Waals surface area contributed by atoms with Crippen LogP contribution in [0.1, 0.15) is 59.2 Å². The number of piperidine rings is 1. The van der Waals surface area contributed by atoms with Crippen LogP contribution in [0.5, 0.6) is 5.75 Å². The van der Waals surface area contributed by atoms with E-state index < -0.39 is 10.4 Å². The minimum atomic E-state index is -4.67. The monoisotopic (exact) mass is 567 g/mol. The van der Waals surface area contributed by atoms with Gasteiger partial charge >= 0.3 is 10.4 Å². The number of nitrogens with zero attached hydrogens (tertiary/aromatic N) is 1. The van der Waals surface area contributed by atoms with Crippen molar-refractivity contribution < 1.29 is 22.3 Å². The highest BCUT2D eigenvalue weighted by Gasteiger charge is 2.40. The van der Waals surface area contributed by atoms with Crippen molar-refractivity contribution in [3.63, 3.8) is 0 Å². The van der Waals surface area contributed by atoms with E-state index in [0.29, 0.717) is 6.04 Å². The normalized spacial score (nSPS) is 19.6. The Kier molecular flexibility index (Phi) is 9.22. The molecule has 1 fully saturated rings. The summed E-state index contributed by atoms with van der Waals surface area (Å²) in [6, 6.07) is 22.4. The van der Waals surface area contributed by atoms with Gasteiger partial charge in [0, 0.05) is 30.3 Å². The molecule has 0 spiro atoms. The quantitative estimate of drug-likeness (QED) is 0.240. The molecule has 40 heavy (non-hydrogen) atoms. The number of nitrogens with two attached hydrogens (primary N) is 1. The van der Waals surface area contributed by atoms with Crippen LogP contribution in [0.4, 0.5) is 5.69 Å². The largest absolute Gasteiger partial charge is 0.485 e. The van der Waals surface area contributed by atoms with Crippen molar-refractivity contribution in [3.8, 4) is 5.75 Å². The third-order valence-corrected chi connectivity index (χ3v) is 8.15. The fraction of sp³-hybridized carbons (Fsp3) is 0.419. The standard InChI is InChI=1S/C31H39N3O.H2O4S/c1-21-22(2)30-27(23(3)28(21)32)19-31(4,35-30)20-34-17-15-26(16-18-34)33-29(24-11-7-5-8-12-24)25-13-9-6-10-14-25;1-5(2,3)4/h5-14,26,29,33H,15-20,32H2,1-4H3;(H2,1,2,3,4)/t31-;/m1./s1. The zero-order valence-corrected chi connectivity index (χ0v) is 24.5. The number of anilines is 1. The molecule has 1 saturated heterocycles.